The van der Waals surface area contributed by atoms with E-state index in [-0.39, 0.29) is 5.76 Å². The Labute approximate surface area is 190 Å². The van der Waals surface area contributed by atoms with Gasteiger partial charge in [0, 0.05) is 34.6 Å². The van der Waals surface area contributed by atoms with Crippen molar-refractivity contribution in [3.8, 4) is 0 Å². The second kappa shape index (κ2) is 12.4. The van der Waals surface area contributed by atoms with Gasteiger partial charge in [-0.2, -0.15) is 0 Å². The van der Waals surface area contributed by atoms with Crippen LogP contribution in [0, 0.1) is 0 Å². The molecule has 0 radical (unpaired) electrons. The lowest BCUT2D eigenvalue weighted by Crippen LogP contribution is -2.64. The number of rotatable bonds is 9. The first-order valence-corrected chi connectivity index (χ1v) is 9.84. The number of nitrogens with one attached hydrogen (secondary N) is 2. The van der Waals surface area contributed by atoms with Crippen LogP contribution in [0.1, 0.15) is 34.6 Å². The highest BCUT2D eigenvalue weighted by molar-refractivity contribution is 5.87. The van der Waals surface area contributed by atoms with Gasteiger partial charge in [-0.3, -0.25) is 24.0 Å². The minimum absolute atomic E-state index is 0.353. The standard InChI is InChI=1S/C20H28N2O11/c1-9(23)21-14-7-15(20(28)29-6)33-19(17(14)22-10(2)24)18(32-13(5)27)16(31-12(4)26)8-30-11(3)25/h7,14,16-19H,8H2,1-6H3,(H,21,23)(H,22,24)/t14-,16-,17-,18-,19-/m1/s1. The lowest BCUT2D eigenvalue weighted by molar-refractivity contribution is -0.188. The summed E-state index contributed by atoms with van der Waals surface area (Å²) < 4.78 is 25.9. The van der Waals surface area contributed by atoms with Crippen LogP contribution in [-0.2, 0) is 52.5 Å². The molecule has 184 valence electrons. The van der Waals surface area contributed by atoms with Crippen molar-refractivity contribution < 1.29 is 52.5 Å². The van der Waals surface area contributed by atoms with E-state index in [9.17, 15) is 28.8 Å². The van der Waals surface area contributed by atoms with Gasteiger partial charge in [0.15, 0.2) is 18.3 Å². The topological polar surface area (TPSA) is 173 Å². The molecule has 13 nitrogen and oxygen atoms in total. The minimum Gasteiger partial charge on any atom is -0.477 e. The first-order valence-electron chi connectivity index (χ1n) is 9.84. The molecule has 13 heteroatoms. The molecule has 0 aliphatic carbocycles. The normalized spacial score (nSPS) is 21.2. The van der Waals surface area contributed by atoms with E-state index in [2.05, 4.69) is 15.4 Å². The molecule has 1 rings (SSSR count). The van der Waals surface area contributed by atoms with Gasteiger partial charge < -0.3 is 34.3 Å². The van der Waals surface area contributed by atoms with Crippen LogP contribution in [-0.4, -0.2) is 79.8 Å². The largest absolute Gasteiger partial charge is 0.477 e. The van der Waals surface area contributed by atoms with E-state index in [1.807, 2.05) is 0 Å². The van der Waals surface area contributed by atoms with Crippen molar-refractivity contribution in [2.75, 3.05) is 13.7 Å². The summed E-state index contributed by atoms with van der Waals surface area (Å²) >= 11 is 0. The van der Waals surface area contributed by atoms with E-state index in [4.69, 9.17) is 18.9 Å². The van der Waals surface area contributed by atoms with Crippen LogP contribution in [0.25, 0.3) is 0 Å². The summed E-state index contributed by atoms with van der Waals surface area (Å²) in [5.74, 6) is -4.63. The summed E-state index contributed by atoms with van der Waals surface area (Å²) in [6, 6.07) is -2.11. The van der Waals surface area contributed by atoms with Crippen molar-refractivity contribution in [3.63, 3.8) is 0 Å². The predicted molar refractivity (Wildman–Crippen MR) is 108 cm³/mol. The lowest BCUT2D eigenvalue weighted by atomic mass is 9.91. The Morgan fingerprint density at radius 3 is 1.94 bits per heavy atom. The molecule has 1 aliphatic heterocycles. The number of methoxy groups -OCH3 is 1. The highest BCUT2D eigenvalue weighted by Crippen LogP contribution is 2.27. The van der Waals surface area contributed by atoms with Crippen molar-refractivity contribution in [2.24, 2.45) is 0 Å². The molecule has 1 aliphatic rings. The zero-order valence-corrected chi connectivity index (χ0v) is 19.2. The average molecular weight is 472 g/mol. The van der Waals surface area contributed by atoms with E-state index in [1.54, 1.807) is 0 Å². The van der Waals surface area contributed by atoms with Gasteiger partial charge in [0.2, 0.25) is 17.6 Å². The highest BCUT2D eigenvalue weighted by Gasteiger charge is 2.48. The number of ether oxygens (including phenoxy) is 5. The predicted octanol–water partition coefficient (Wildman–Crippen LogP) is -1.12. The molecule has 0 saturated carbocycles. The summed E-state index contributed by atoms with van der Waals surface area (Å²) in [4.78, 5) is 70.8. The van der Waals surface area contributed by atoms with Crippen LogP contribution >= 0.6 is 0 Å². The van der Waals surface area contributed by atoms with Crippen LogP contribution in [0.4, 0.5) is 0 Å². The molecule has 0 aromatic heterocycles. The summed E-state index contributed by atoms with van der Waals surface area (Å²) in [6.45, 7) is 5.16. The van der Waals surface area contributed by atoms with E-state index in [0.29, 0.717) is 0 Å². The van der Waals surface area contributed by atoms with Gasteiger partial charge in [0.05, 0.1) is 19.2 Å². The van der Waals surface area contributed by atoms with Gasteiger partial charge in [-0.25, -0.2) is 4.79 Å². The summed E-state index contributed by atoms with van der Waals surface area (Å²) in [7, 11) is 1.10. The van der Waals surface area contributed by atoms with E-state index >= 15 is 0 Å². The molecule has 0 saturated heterocycles. The first kappa shape index (κ1) is 27.4. The molecule has 1 heterocycles. The van der Waals surface area contributed by atoms with Gasteiger partial charge in [-0.05, 0) is 6.08 Å². The van der Waals surface area contributed by atoms with Crippen molar-refractivity contribution in [1.82, 2.24) is 10.6 Å². The summed E-state index contributed by atoms with van der Waals surface area (Å²) in [6.07, 6.45) is -3.02. The van der Waals surface area contributed by atoms with Crippen LogP contribution < -0.4 is 10.6 Å². The van der Waals surface area contributed by atoms with Gasteiger partial charge in [-0.15, -0.1) is 0 Å². The van der Waals surface area contributed by atoms with Crippen molar-refractivity contribution >= 4 is 35.7 Å². The Balaban J connectivity index is 3.58. The second-order valence-electron chi connectivity index (χ2n) is 7.08. The maximum absolute atomic E-state index is 12.2. The summed E-state index contributed by atoms with van der Waals surface area (Å²) in [5.41, 5.74) is 0. The number of amides is 2. The lowest BCUT2D eigenvalue weighted by Gasteiger charge is -2.41. The molecule has 0 aromatic carbocycles. The average Bonchev–Trinajstić information content (AvgIpc) is 2.68. The van der Waals surface area contributed by atoms with Crippen LogP contribution in [0.3, 0.4) is 0 Å². The molecule has 0 aromatic rings. The highest BCUT2D eigenvalue weighted by atomic mass is 16.6. The molecule has 2 amide bonds. The molecule has 0 fully saturated rings. The van der Waals surface area contributed by atoms with Crippen LogP contribution in [0.15, 0.2) is 11.8 Å². The molecule has 0 unspecified atom stereocenters. The van der Waals surface area contributed by atoms with Gasteiger partial charge in [0.25, 0.3) is 0 Å². The molecular weight excluding hydrogens is 444 g/mol. The van der Waals surface area contributed by atoms with Crippen molar-refractivity contribution in [1.29, 1.82) is 0 Å². The number of hydrogen-bond donors (Lipinski definition) is 2. The Morgan fingerprint density at radius 2 is 1.48 bits per heavy atom. The zero-order chi connectivity index (χ0) is 25.3. The molecule has 5 atom stereocenters. The molecule has 2 N–H and O–H groups in total. The van der Waals surface area contributed by atoms with Gasteiger partial charge in [-0.1, -0.05) is 0 Å². The monoisotopic (exact) mass is 472 g/mol. The van der Waals surface area contributed by atoms with Crippen LogP contribution in [0.5, 0.6) is 0 Å². The number of carbonyl (C=O) groups excluding carboxylic acids is 6. The quantitative estimate of drug-likeness (QED) is 0.307. The third-order valence-corrected chi connectivity index (χ3v) is 4.22. The maximum atomic E-state index is 12.2. The van der Waals surface area contributed by atoms with E-state index in [1.165, 1.54) is 19.9 Å². The van der Waals surface area contributed by atoms with Crippen LogP contribution in [0.2, 0.25) is 0 Å². The van der Waals surface area contributed by atoms with Gasteiger partial charge in [0.1, 0.15) is 6.61 Å². The van der Waals surface area contributed by atoms with E-state index < -0.39 is 72.7 Å². The van der Waals surface area contributed by atoms with Gasteiger partial charge >= 0.3 is 23.9 Å². The Hall–Kier alpha value is -3.64. The first-order chi connectivity index (χ1) is 15.3. The Kier molecular flexibility index (Phi) is 10.3. The zero-order valence-electron chi connectivity index (χ0n) is 19.2. The SMILES string of the molecule is COC(=O)C1=C[C@@H](NC(C)=O)[C@@H](NC(C)=O)[C@H]([C@H](OC(C)=O)[C@@H](COC(C)=O)OC(C)=O)O1. The Bertz CT molecular complexity index is 823. The van der Waals surface area contributed by atoms with E-state index in [0.717, 1.165) is 27.9 Å². The third kappa shape index (κ3) is 8.79. The third-order valence-electron chi connectivity index (χ3n) is 4.22. The fourth-order valence-electron chi connectivity index (χ4n) is 3.15. The fourth-order valence-corrected chi connectivity index (χ4v) is 3.15. The smallest absolute Gasteiger partial charge is 0.373 e. The molecule has 0 bridgehead atoms. The molecule has 0 spiro atoms. The minimum atomic E-state index is -1.48. The maximum Gasteiger partial charge on any atom is 0.373 e. The van der Waals surface area contributed by atoms with Crippen molar-refractivity contribution in [3.05, 3.63) is 11.8 Å². The number of esters is 4. The second-order valence-corrected chi connectivity index (χ2v) is 7.08. The summed E-state index contributed by atoms with van der Waals surface area (Å²) in [5, 5.41) is 5.14. The molecular formula is C20H28N2O11. The molecule has 33 heavy (non-hydrogen) atoms. The number of hydrogen-bond acceptors (Lipinski definition) is 11. The Morgan fingerprint density at radius 1 is 0.909 bits per heavy atom. The van der Waals surface area contributed by atoms with Crippen molar-refractivity contribution in [2.45, 2.75) is 65.0 Å². The number of carbonyl (C=O) groups is 6. The fraction of sp³-hybridized carbons (Fsp3) is 0.600.